The van der Waals surface area contributed by atoms with Gasteiger partial charge in [-0.15, -0.1) is 0 Å². The number of benzene rings is 3. The van der Waals surface area contributed by atoms with E-state index in [1.54, 1.807) is 4.90 Å². The Hall–Kier alpha value is -3.55. The molecule has 0 radical (unpaired) electrons. The predicted octanol–water partition coefficient (Wildman–Crippen LogP) is 6.60. The summed E-state index contributed by atoms with van der Waals surface area (Å²) in [6, 6.07) is 21.2. The summed E-state index contributed by atoms with van der Waals surface area (Å²) in [7, 11) is 4.05. The maximum absolute atomic E-state index is 12.9. The van der Waals surface area contributed by atoms with Gasteiger partial charge in [0.1, 0.15) is 23.0 Å². The van der Waals surface area contributed by atoms with E-state index in [0.717, 1.165) is 22.6 Å². The van der Waals surface area contributed by atoms with Gasteiger partial charge < -0.3 is 24.2 Å². The second kappa shape index (κ2) is 11.2. The van der Waals surface area contributed by atoms with Gasteiger partial charge in [-0.1, -0.05) is 43.3 Å². The van der Waals surface area contributed by atoms with E-state index in [2.05, 4.69) is 16.7 Å². The Bertz CT molecular complexity index is 1300. The first-order valence-electron chi connectivity index (χ1n) is 12.0. The van der Waals surface area contributed by atoms with Crippen molar-refractivity contribution in [2.24, 2.45) is 4.99 Å². The molecule has 1 unspecified atom stereocenters. The number of hydrogen-bond donors (Lipinski definition) is 0. The highest BCUT2D eigenvalue weighted by atomic mass is 35.5. The zero-order valence-corrected chi connectivity index (χ0v) is 21.4. The number of fused-ring (bicyclic) bond motifs is 2. The van der Waals surface area contributed by atoms with Crippen LogP contribution in [0.3, 0.4) is 0 Å². The number of nitrogens with zero attached hydrogens (tertiary/aromatic N) is 4. The average Bonchev–Trinajstić information content (AvgIpc) is 3.05. The SMILES string of the molecule is C.CC(c1cccc(OC(=O)N2CCN(C3=Nc4ccccc4Oc4ccc(Cl)cc43)CC2)c1)N(C)C. The van der Waals surface area contributed by atoms with Crippen LogP contribution in [-0.2, 0) is 0 Å². The van der Waals surface area contributed by atoms with E-state index in [-0.39, 0.29) is 19.6 Å². The Kier molecular flexibility index (Phi) is 8.05. The highest BCUT2D eigenvalue weighted by Gasteiger charge is 2.28. The molecule has 0 saturated carbocycles. The summed E-state index contributed by atoms with van der Waals surface area (Å²) in [6.45, 7) is 4.37. The van der Waals surface area contributed by atoms with Crippen molar-refractivity contribution in [1.82, 2.24) is 14.7 Å². The minimum atomic E-state index is -0.343. The van der Waals surface area contributed by atoms with Crippen molar-refractivity contribution in [2.75, 3.05) is 40.3 Å². The van der Waals surface area contributed by atoms with E-state index in [4.69, 9.17) is 26.1 Å². The molecule has 1 atom stereocenters. The minimum absolute atomic E-state index is 0. The fraction of sp³-hybridized carbons (Fsp3) is 0.310. The number of amidine groups is 1. The van der Waals surface area contributed by atoms with E-state index in [1.807, 2.05) is 80.8 Å². The molecule has 37 heavy (non-hydrogen) atoms. The lowest BCUT2D eigenvalue weighted by Crippen LogP contribution is -2.51. The predicted molar refractivity (Wildman–Crippen MR) is 149 cm³/mol. The van der Waals surface area contributed by atoms with Gasteiger partial charge >= 0.3 is 6.09 Å². The number of carbonyl (C=O) groups excluding carboxylic acids is 1. The highest BCUT2D eigenvalue weighted by molar-refractivity contribution is 6.31. The molecule has 2 aliphatic rings. The molecule has 0 spiro atoms. The van der Waals surface area contributed by atoms with Crippen molar-refractivity contribution in [3.63, 3.8) is 0 Å². The second-order valence-electron chi connectivity index (χ2n) is 9.20. The summed E-state index contributed by atoms with van der Waals surface area (Å²) in [5, 5.41) is 0.615. The number of amides is 1. The summed E-state index contributed by atoms with van der Waals surface area (Å²) in [6.07, 6.45) is -0.343. The largest absolute Gasteiger partial charge is 0.454 e. The van der Waals surface area contributed by atoms with Crippen molar-refractivity contribution in [3.8, 4) is 17.2 Å². The maximum Gasteiger partial charge on any atom is 0.415 e. The van der Waals surface area contributed by atoms with Gasteiger partial charge in [0.2, 0.25) is 0 Å². The molecule has 1 fully saturated rings. The molecule has 8 heteroatoms. The van der Waals surface area contributed by atoms with Gasteiger partial charge in [0, 0.05) is 37.2 Å². The van der Waals surface area contributed by atoms with E-state index < -0.39 is 0 Å². The van der Waals surface area contributed by atoms with Crippen LogP contribution in [0.2, 0.25) is 5.02 Å². The van der Waals surface area contributed by atoms with Crippen LogP contribution < -0.4 is 9.47 Å². The monoisotopic (exact) mass is 520 g/mol. The van der Waals surface area contributed by atoms with Gasteiger partial charge in [-0.2, -0.15) is 0 Å². The summed E-state index contributed by atoms with van der Waals surface area (Å²) in [4.78, 5) is 23.9. The van der Waals surface area contributed by atoms with E-state index >= 15 is 0 Å². The summed E-state index contributed by atoms with van der Waals surface area (Å²) in [5.41, 5.74) is 2.69. The Morgan fingerprint density at radius 3 is 2.51 bits per heavy atom. The first kappa shape index (κ1) is 26.5. The third kappa shape index (κ3) is 5.73. The van der Waals surface area contributed by atoms with Crippen LogP contribution in [0, 0.1) is 0 Å². The van der Waals surface area contributed by atoms with Crippen LogP contribution in [0.4, 0.5) is 10.5 Å². The van der Waals surface area contributed by atoms with Crippen LogP contribution >= 0.6 is 11.6 Å². The Balaban J connectivity index is 0.00000320. The van der Waals surface area contributed by atoms with Crippen LogP contribution in [0.1, 0.15) is 31.5 Å². The van der Waals surface area contributed by atoms with Crippen LogP contribution in [-0.4, -0.2) is 66.9 Å². The van der Waals surface area contributed by atoms with Crippen LogP contribution in [0.5, 0.6) is 17.2 Å². The molecular weight excluding hydrogens is 488 g/mol. The molecule has 0 aliphatic carbocycles. The van der Waals surface area contributed by atoms with Gasteiger partial charge in [-0.3, -0.25) is 0 Å². The summed E-state index contributed by atoms with van der Waals surface area (Å²) < 4.78 is 11.9. The molecule has 5 rings (SSSR count). The molecule has 1 amide bonds. The van der Waals surface area contributed by atoms with Crippen molar-refractivity contribution < 1.29 is 14.3 Å². The van der Waals surface area contributed by atoms with Crippen molar-refractivity contribution in [1.29, 1.82) is 0 Å². The van der Waals surface area contributed by atoms with Crippen LogP contribution in [0.25, 0.3) is 0 Å². The molecule has 0 bridgehead atoms. The molecule has 3 aromatic rings. The number of ether oxygens (including phenoxy) is 2. The Morgan fingerprint density at radius 1 is 1.00 bits per heavy atom. The molecule has 2 aliphatic heterocycles. The fourth-order valence-electron chi connectivity index (χ4n) is 4.34. The van der Waals surface area contributed by atoms with Crippen LogP contribution in [0.15, 0.2) is 71.7 Å². The summed E-state index contributed by atoms with van der Waals surface area (Å²) >= 11 is 6.33. The lowest BCUT2D eigenvalue weighted by molar-refractivity contribution is 0.130. The molecule has 1 saturated heterocycles. The average molecular weight is 521 g/mol. The smallest absolute Gasteiger partial charge is 0.415 e. The van der Waals surface area contributed by atoms with Gasteiger partial charge in [0.15, 0.2) is 5.75 Å². The van der Waals surface area contributed by atoms with Gasteiger partial charge in [-0.25, -0.2) is 9.79 Å². The normalized spacial score (nSPS) is 15.4. The number of rotatable bonds is 3. The lowest BCUT2D eigenvalue weighted by Gasteiger charge is -2.36. The van der Waals surface area contributed by atoms with E-state index in [1.165, 1.54) is 0 Å². The number of carbonyl (C=O) groups is 1. The molecule has 3 aromatic carbocycles. The highest BCUT2D eigenvalue weighted by Crippen LogP contribution is 2.39. The zero-order valence-electron chi connectivity index (χ0n) is 20.6. The zero-order chi connectivity index (χ0) is 25.2. The van der Waals surface area contributed by atoms with Crippen molar-refractivity contribution in [3.05, 3.63) is 82.9 Å². The lowest BCUT2D eigenvalue weighted by atomic mass is 10.1. The molecule has 0 N–H and O–H groups in total. The van der Waals surface area contributed by atoms with Crippen molar-refractivity contribution in [2.45, 2.75) is 20.4 Å². The first-order valence-corrected chi connectivity index (χ1v) is 12.4. The maximum atomic E-state index is 12.9. The second-order valence-corrected chi connectivity index (χ2v) is 9.64. The number of halogens is 1. The third-order valence-corrected chi connectivity index (χ3v) is 6.89. The molecule has 194 valence electrons. The topological polar surface area (TPSA) is 57.6 Å². The molecule has 0 aromatic heterocycles. The molecular formula is C29H33ClN4O3. The number of aliphatic imine (C=N–C) groups is 1. The summed E-state index contributed by atoms with van der Waals surface area (Å²) in [5.74, 6) is 2.75. The Labute approximate surface area is 223 Å². The van der Waals surface area contributed by atoms with Gasteiger partial charge in [0.25, 0.3) is 0 Å². The van der Waals surface area contributed by atoms with Crippen molar-refractivity contribution >= 4 is 29.2 Å². The van der Waals surface area contributed by atoms with E-state index in [9.17, 15) is 4.79 Å². The number of para-hydroxylation sites is 2. The number of hydrogen-bond acceptors (Lipinski definition) is 6. The first-order chi connectivity index (χ1) is 17.4. The third-order valence-electron chi connectivity index (χ3n) is 6.65. The van der Waals surface area contributed by atoms with Gasteiger partial charge in [-0.05, 0) is 69.0 Å². The standard InChI is InChI=1S/C28H29ClN4O3.CH4/c1-19(31(2)3)20-7-6-8-22(17-20)35-28(34)33-15-13-32(14-16-33)27-23-18-21(29)11-12-25(23)36-26-10-5-4-9-24(26)30-27;/h4-12,17-19H,13-16H2,1-3H3;1H4. The van der Waals surface area contributed by atoms with Gasteiger partial charge in [0.05, 0.1) is 5.56 Å². The quantitative estimate of drug-likeness (QED) is 0.389. The Morgan fingerprint density at radius 2 is 1.76 bits per heavy atom. The molecule has 7 nitrogen and oxygen atoms in total. The number of piperazine rings is 1. The minimum Gasteiger partial charge on any atom is -0.454 e. The van der Waals surface area contributed by atoms with E-state index in [0.29, 0.717) is 48.5 Å². The molecule has 2 heterocycles. The fourth-order valence-corrected chi connectivity index (χ4v) is 4.51.